The number of carbonyl (C=O) groups excluding carboxylic acids is 3. The van der Waals surface area contributed by atoms with E-state index in [4.69, 9.17) is 23.7 Å². The van der Waals surface area contributed by atoms with E-state index in [9.17, 15) is 29.7 Å². The average molecular weight is 815 g/mol. The Morgan fingerprint density at radius 1 is 1.10 bits per heavy atom. The summed E-state index contributed by atoms with van der Waals surface area (Å²) in [6, 6.07) is 8.12. The Labute approximate surface area is 345 Å². The molecule has 0 radical (unpaired) electrons. The lowest BCUT2D eigenvalue weighted by atomic mass is 9.74. The number of hydrogen-bond donors (Lipinski definition) is 4. The molecule has 7 rings (SSSR count). The van der Waals surface area contributed by atoms with Crippen LogP contribution in [0, 0.1) is 5.92 Å². The summed E-state index contributed by atoms with van der Waals surface area (Å²) in [6.07, 6.45) is 6.40. The molecule has 13 heteroatoms. The van der Waals surface area contributed by atoms with E-state index in [0.29, 0.717) is 48.2 Å². The normalized spacial score (nSPS) is 24.3. The number of carbonyl (C=O) groups is 3. The number of aromatic amines is 1. The van der Waals surface area contributed by atoms with Crippen LogP contribution < -0.4 is 14.2 Å². The molecule has 2 fully saturated rings. The Hall–Kier alpha value is -4.53. The van der Waals surface area contributed by atoms with Crippen molar-refractivity contribution in [1.29, 1.82) is 0 Å². The maximum absolute atomic E-state index is 13.7. The van der Waals surface area contributed by atoms with E-state index in [1.165, 1.54) is 0 Å². The number of nitrogens with zero attached hydrogens (tertiary/aromatic N) is 1. The van der Waals surface area contributed by atoms with Crippen LogP contribution in [0.2, 0.25) is 0 Å². The van der Waals surface area contributed by atoms with Crippen LogP contribution in [0.5, 0.6) is 17.2 Å². The molecule has 59 heavy (non-hydrogen) atoms. The van der Waals surface area contributed by atoms with Crippen molar-refractivity contribution in [2.45, 2.75) is 109 Å². The number of methoxy groups -OCH3 is 1. The van der Waals surface area contributed by atoms with Gasteiger partial charge in [-0.15, -0.1) is 0 Å². The van der Waals surface area contributed by atoms with E-state index in [-0.39, 0.29) is 85.2 Å². The molecule has 5 atom stereocenters. The zero-order valence-corrected chi connectivity index (χ0v) is 34.6. The second kappa shape index (κ2) is 18.4. The number of rotatable bonds is 16. The van der Waals surface area contributed by atoms with Crippen LogP contribution in [0.15, 0.2) is 47.4 Å². The highest BCUT2D eigenvalue weighted by Gasteiger charge is 2.50. The van der Waals surface area contributed by atoms with Crippen LogP contribution in [0.1, 0.15) is 100 Å². The number of H-pyrrole nitrogens is 1. The maximum Gasteiger partial charge on any atom is 0.375 e. The van der Waals surface area contributed by atoms with Gasteiger partial charge in [-0.1, -0.05) is 18.6 Å². The first-order chi connectivity index (χ1) is 28.6. The number of Topliss-reactive ketones (excluding diaryl/α,β-unsaturated/α-hetero) is 1. The number of ether oxygens (including phenoxy) is 5. The molecular formula is C46H58N2O11. The molecule has 0 amide bonds. The highest BCUT2D eigenvalue weighted by Crippen LogP contribution is 2.57. The number of likely N-dealkylation sites (tertiary alicyclic amines) is 1. The summed E-state index contributed by atoms with van der Waals surface area (Å²) in [4.78, 5) is 46.3. The van der Waals surface area contributed by atoms with Gasteiger partial charge in [0, 0.05) is 80.9 Å². The van der Waals surface area contributed by atoms with Crippen molar-refractivity contribution in [3.05, 3.63) is 69.6 Å². The fourth-order valence-corrected chi connectivity index (χ4v) is 9.69. The fourth-order valence-electron chi connectivity index (χ4n) is 9.69. The quantitative estimate of drug-likeness (QED) is 0.0790. The summed E-state index contributed by atoms with van der Waals surface area (Å²) in [6.45, 7) is 7.52. The van der Waals surface area contributed by atoms with Gasteiger partial charge < -0.3 is 48.9 Å². The van der Waals surface area contributed by atoms with Crippen LogP contribution >= 0.6 is 0 Å². The van der Waals surface area contributed by atoms with Crippen molar-refractivity contribution >= 4 is 34.5 Å². The molecule has 1 saturated carbocycles. The first kappa shape index (κ1) is 42.6. The molecule has 4 N–H and O–H groups in total. The Morgan fingerprint density at radius 2 is 1.93 bits per heavy atom. The molecule has 3 aliphatic heterocycles. The number of fused-ring (bicyclic) bond motifs is 3. The third-order valence-corrected chi connectivity index (χ3v) is 12.9. The standard InChI is InChI=1S/C46H58N2O11/c1-5-31-23-30(14-17-48(31)16-7-19-55-4)46(3,54)38-24-33-41(58-38)35(26-51)43-40(42(33)57-20-8-18-49)39(34(25-50)44(59-43)45(53)56-6-2)29-10-12-37(52)32(22-29)27-9-11-36-28(21-27)13-15-47-36/h9,11,13,15,21,25,30-32,38,47,49,51,54H,5-8,10,12,14,16-20,22-24,26H2,1-4H3/t30-,31-,32-,38+,46-/m1/s1. The molecule has 0 spiro atoms. The molecule has 1 aliphatic carbocycles. The highest BCUT2D eigenvalue weighted by atomic mass is 16.6. The molecule has 13 nitrogen and oxygen atoms in total. The Kier molecular flexibility index (Phi) is 13.3. The van der Waals surface area contributed by atoms with Gasteiger partial charge in [-0.25, -0.2) is 4.79 Å². The minimum Gasteiger partial charge on any atom is -0.492 e. The summed E-state index contributed by atoms with van der Waals surface area (Å²) >= 11 is 0. The molecular weight excluding hydrogens is 757 g/mol. The predicted octanol–water partition coefficient (Wildman–Crippen LogP) is 5.70. The zero-order valence-electron chi connectivity index (χ0n) is 34.6. The van der Waals surface area contributed by atoms with Crippen LogP contribution in [0.4, 0.5) is 0 Å². The molecule has 0 unspecified atom stereocenters. The summed E-state index contributed by atoms with van der Waals surface area (Å²) < 4.78 is 30.4. The van der Waals surface area contributed by atoms with Gasteiger partial charge in [0.1, 0.15) is 34.7 Å². The van der Waals surface area contributed by atoms with Crippen molar-refractivity contribution in [3.63, 3.8) is 0 Å². The van der Waals surface area contributed by atoms with Gasteiger partial charge in [0.15, 0.2) is 6.29 Å². The van der Waals surface area contributed by atoms with Crippen LogP contribution in [0.25, 0.3) is 16.5 Å². The van der Waals surface area contributed by atoms with Gasteiger partial charge in [0.2, 0.25) is 5.76 Å². The maximum atomic E-state index is 13.7. The van der Waals surface area contributed by atoms with E-state index < -0.39 is 30.2 Å². The van der Waals surface area contributed by atoms with E-state index in [2.05, 4.69) is 16.8 Å². The lowest BCUT2D eigenvalue weighted by Gasteiger charge is -2.46. The van der Waals surface area contributed by atoms with Gasteiger partial charge in [-0.2, -0.15) is 0 Å². The Morgan fingerprint density at radius 3 is 2.66 bits per heavy atom. The van der Waals surface area contributed by atoms with Gasteiger partial charge in [0.05, 0.1) is 36.5 Å². The van der Waals surface area contributed by atoms with E-state index in [1.807, 2.05) is 37.4 Å². The van der Waals surface area contributed by atoms with Crippen molar-refractivity contribution in [2.75, 3.05) is 46.6 Å². The van der Waals surface area contributed by atoms with Crippen molar-refractivity contribution in [1.82, 2.24) is 9.88 Å². The first-order valence-corrected chi connectivity index (χ1v) is 21.1. The second-order valence-electron chi connectivity index (χ2n) is 16.3. The predicted molar refractivity (Wildman–Crippen MR) is 220 cm³/mol. The minimum absolute atomic E-state index is 0.0201. The SMILES string of the molecule is CCOC(=O)C1=C(C=O)C(=C2CCC(=O)[C@@H](c3ccc4[nH]ccc4c3)C2)c2c(OCCCO)c3c(c(CO)c2O1)O[C@H]([C@](C)(O)[C@@H]1CCN(CCCOC)[C@H](CC)C1)C3. The lowest BCUT2D eigenvalue weighted by Crippen LogP contribution is -2.54. The number of aldehydes is 1. The number of aliphatic hydroxyl groups is 3. The third kappa shape index (κ3) is 8.20. The van der Waals surface area contributed by atoms with Crippen LogP contribution in [-0.4, -0.2) is 108 Å². The van der Waals surface area contributed by atoms with E-state index >= 15 is 0 Å². The molecule has 4 aliphatic rings. The number of hydrogen-bond acceptors (Lipinski definition) is 12. The van der Waals surface area contributed by atoms with Gasteiger partial charge in [0.25, 0.3) is 0 Å². The molecule has 0 bridgehead atoms. The molecule has 1 aromatic heterocycles. The van der Waals surface area contributed by atoms with Crippen molar-refractivity contribution in [3.8, 4) is 17.2 Å². The van der Waals surface area contributed by atoms with Crippen molar-refractivity contribution < 1.29 is 53.4 Å². The number of allylic oxidation sites excluding steroid dienone is 3. The Bertz CT molecular complexity index is 2120. The van der Waals surface area contributed by atoms with E-state index in [1.54, 1.807) is 14.0 Å². The average Bonchev–Trinajstić information content (AvgIpc) is 3.91. The van der Waals surface area contributed by atoms with Crippen molar-refractivity contribution in [2.24, 2.45) is 5.92 Å². The van der Waals surface area contributed by atoms with E-state index in [0.717, 1.165) is 60.8 Å². The number of aromatic nitrogens is 1. The fraction of sp³-hybridized carbons (Fsp3) is 0.543. The minimum atomic E-state index is -1.29. The van der Waals surface area contributed by atoms with Crippen LogP contribution in [-0.2, 0) is 36.9 Å². The molecule has 2 aromatic carbocycles. The molecule has 3 aromatic rings. The van der Waals surface area contributed by atoms with Gasteiger partial charge in [-0.3, -0.25) is 9.59 Å². The number of ketones is 1. The first-order valence-electron chi connectivity index (χ1n) is 21.1. The summed E-state index contributed by atoms with van der Waals surface area (Å²) in [5.74, 6) is -1.05. The number of aliphatic hydroxyl groups excluding tert-OH is 2. The zero-order chi connectivity index (χ0) is 41.8. The summed E-state index contributed by atoms with van der Waals surface area (Å²) in [5.41, 5.74) is 2.79. The third-order valence-electron chi connectivity index (χ3n) is 12.9. The number of esters is 1. The lowest BCUT2D eigenvalue weighted by molar-refractivity contribution is -0.141. The second-order valence-corrected chi connectivity index (χ2v) is 16.3. The topological polar surface area (TPSA) is 177 Å². The Balaban J connectivity index is 1.35. The number of piperidine rings is 1. The molecule has 4 heterocycles. The molecule has 1 saturated heterocycles. The summed E-state index contributed by atoms with van der Waals surface area (Å²) in [5, 5.41) is 34.4. The van der Waals surface area contributed by atoms with Gasteiger partial charge in [-0.05, 0) is 94.0 Å². The highest BCUT2D eigenvalue weighted by molar-refractivity contribution is 6.11. The number of nitrogens with one attached hydrogen (secondary N) is 1. The smallest absolute Gasteiger partial charge is 0.375 e. The van der Waals surface area contributed by atoms with Crippen LogP contribution in [0.3, 0.4) is 0 Å². The van der Waals surface area contributed by atoms with Gasteiger partial charge >= 0.3 is 5.97 Å². The largest absolute Gasteiger partial charge is 0.492 e. The monoisotopic (exact) mass is 814 g/mol. The number of benzene rings is 2. The molecule has 318 valence electrons. The summed E-state index contributed by atoms with van der Waals surface area (Å²) in [7, 11) is 1.71.